The maximum Gasteiger partial charge on any atom is 0.0341 e. The van der Waals surface area contributed by atoms with Crippen molar-refractivity contribution in [3.8, 4) is 0 Å². The maximum atomic E-state index is 5.74. The van der Waals surface area contributed by atoms with Gasteiger partial charge in [0.1, 0.15) is 0 Å². The van der Waals surface area contributed by atoms with Gasteiger partial charge in [-0.2, -0.15) is 0 Å². The lowest BCUT2D eigenvalue weighted by Gasteiger charge is -2.30. The van der Waals surface area contributed by atoms with Gasteiger partial charge in [0.15, 0.2) is 0 Å². The van der Waals surface area contributed by atoms with Crippen LogP contribution in [-0.4, -0.2) is 37.1 Å². The highest BCUT2D eigenvalue weighted by Crippen LogP contribution is 2.15. The SMILES string of the molecule is CCN(CC)C(CCNc1ccc(N)cc1)CCNc1ccc(N)cc1. The standard InChI is InChI=1S/C21H33N5/c1-3-26(4-2)21(13-15-24-19-9-5-17(22)6-10-19)14-16-25-20-11-7-18(23)8-12-20/h5-12,21,24-25H,3-4,13-16,22-23H2,1-2H3. The number of benzene rings is 2. The molecule has 2 aromatic carbocycles. The molecule has 0 saturated carbocycles. The van der Waals surface area contributed by atoms with Crippen molar-refractivity contribution < 1.29 is 0 Å². The van der Waals surface area contributed by atoms with Crippen molar-refractivity contribution in [1.29, 1.82) is 0 Å². The molecule has 26 heavy (non-hydrogen) atoms. The van der Waals surface area contributed by atoms with Crippen molar-refractivity contribution in [3.05, 3.63) is 48.5 Å². The van der Waals surface area contributed by atoms with Gasteiger partial charge in [-0.05, 0) is 74.5 Å². The van der Waals surface area contributed by atoms with Crippen LogP contribution in [0.1, 0.15) is 26.7 Å². The zero-order valence-corrected chi connectivity index (χ0v) is 16.0. The molecule has 2 rings (SSSR count). The summed E-state index contributed by atoms with van der Waals surface area (Å²) in [7, 11) is 0. The van der Waals surface area contributed by atoms with Crippen LogP contribution in [0.3, 0.4) is 0 Å². The molecule has 5 heteroatoms. The highest BCUT2D eigenvalue weighted by Gasteiger charge is 2.15. The van der Waals surface area contributed by atoms with E-state index in [9.17, 15) is 0 Å². The van der Waals surface area contributed by atoms with Gasteiger partial charge in [0, 0.05) is 41.9 Å². The van der Waals surface area contributed by atoms with Crippen LogP contribution in [0.25, 0.3) is 0 Å². The Morgan fingerprint density at radius 3 is 1.46 bits per heavy atom. The normalized spacial score (nSPS) is 11.1. The first kappa shape index (κ1) is 19.9. The monoisotopic (exact) mass is 355 g/mol. The van der Waals surface area contributed by atoms with Crippen LogP contribution in [0.2, 0.25) is 0 Å². The summed E-state index contributed by atoms with van der Waals surface area (Å²) in [6, 6.07) is 16.4. The summed E-state index contributed by atoms with van der Waals surface area (Å²) in [4.78, 5) is 2.54. The molecule has 0 aliphatic rings. The molecule has 0 unspecified atom stereocenters. The molecule has 0 heterocycles. The van der Waals surface area contributed by atoms with E-state index >= 15 is 0 Å². The topological polar surface area (TPSA) is 79.3 Å². The second-order valence-corrected chi connectivity index (χ2v) is 6.55. The molecule has 0 fully saturated rings. The van der Waals surface area contributed by atoms with Gasteiger partial charge in [0.05, 0.1) is 0 Å². The van der Waals surface area contributed by atoms with Crippen molar-refractivity contribution >= 4 is 22.7 Å². The Morgan fingerprint density at radius 2 is 1.12 bits per heavy atom. The van der Waals surface area contributed by atoms with Crippen molar-refractivity contribution in [2.75, 3.05) is 48.3 Å². The number of nitrogens with two attached hydrogens (primary N) is 2. The van der Waals surface area contributed by atoms with E-state index in [2.05, 4.69) is 29.4 Å². The third-order valence-corrected chi connectivity index (χ3v) is 4.76. The lowest BCUT2D eigenvalue weighted by molar-refractivity contribution is 0.202. The van der Waals surface area contributed by atoms with E-state index < -0.39 is 0 Å². The average Bonchev–Trinajstić information content (AvgIpc) is 2.65. The molecule has 0 atom stereocenters. The van der Waals surface area contributed by atoms with Gasteiger partial charge in [0.25, 0.3) is 0 Å². The summed E-state index contributed by atoms with van der Waals surface area (Å²) in [6.45, 7) is 8.52. The number of nitrogens with zero attached hydrogens (tertiary/aromatic N) is 1. The summed E-state index contributed by atoms with van der Waals surface area (Å²) in [5, 5.41) is 7.01. The summed E-state index contributed by atoms with van der Waals surface area (Å²) >= 11 is 0. The Bertz CT molecular complexity index is 568. The average molecular weight is 356 g/mol. The minimum Gasteiger partial charge on any atom is -0.399 e. The van der Waals surface area contributed by atoms with Crippen LogP contribution >= 0.6 is 0 Å². The largest absolute Gasteiger partial charge is 0.399 e. The van der Waals surface area contributed by atoms with Gasteiger partial charge in [-0.3, -0.25) is 0 Å². The second kappa shape index (κ2) is 10.6. The van der Waals surface area contributed by atoms with E-state index in [1.165, 1.54) is 0 Å². The van der Waals surface area contributed by atoms with Crippen LogP contribution in [-0.2, 0) is 0 Å². The van der Waals surface area contributed by atoms with Crippen molar-refractivity contribution in [2.24, 2.45) is 0 Å². The Labute approximate surface area is 157 Å². The molecule has 0 aliphatic carbocycles. The maximum absolute atomic E-state index is 5.74. The summed E-state index contributed by atoms with van der Waals surface area (Å²) < 4.78 is 0. The van der Waals surface area contributed by atoms with Crippen molar-refractivity contribution in [1.82, 2.24) is 4.90 Å². The lowest BCUT2D eigenvalue weighted by Crippen LogP contribution is -2.37. The number of rotatable bonds is 11. The van der Waals surface area contributed by atoms with E-state index in [0.29, 0.717) is 6.04 Å². The number of hydrogen-bond acceptors (Lipinski definition) is 5. The summed E-state index contributed by atoms with van der Waals surface area (Å²) in [5.74, 6) is 0. The predicted octanol–water partition coefficient (Wildman–Crippen LogP) is 3.87. The number of hydrogen-bond donors (Lipinski definition) is 4. The molecule has 0 radical (unpaired) electrons. The molecule has 0 amide bonds. The van der Waals surface area contributed by atoms with Crippen LogP contribution < -0.4 is 22.1 Å². The minimum atomic E-state index is 0.549. The van der Waals surface area contributed by atoms with Crippen LogP contribution in [0.15, 0.2) is 48.5 Å². The van der Waals surface area contributed by atoms with Gasteiger partial charge in [-0.1, -0.05) is 13.8 Å². The van der Waals surface area contributed by atoms with Gasteiger partial charge in [-0.25, -0.2) is 0 Å². The highest BCUT2D eigenvalue weighted by atomic mass is 15.1. The molecular weight excluding hydrogens is 322 g/mol. The summed E-state index contributed by atoms with van der Waals surface area (Å²) in [6.07, 6.45) is 2.21. The first-order chi connectivity index (χ1) is 12.6. The third-order valence-electron chi connectivity index (χ3n) is 4.76. The first-order valence-electron chi connectivity index (χ1n) is 9.55. The zero-order valence-electron chi connectivity index (χ0n) is 16.0. The van der Waals surface area contributed by atoms with Crippen molar-refractivity contribution in [2.45, 2.75) is 32.7 Å². The fraction of sp³-hybridized carbons (Fsp3) is 0.429. The van der Waals surface area contributed by atoms with Crippen LogP contribution in [0.5, 0.6) is 0 Å². The molecule has 0 saturated heterocycles. The van der Waals surface area contributed by atoms with Crippen LogP contribution in [0, 0.1) is 0 Å². The third kappa shape index (κ3) is 6.48. The lowest BCUT2D eigenvalue weighted by atomic mass is 10.1. The number of nitrogens with one attached hydrogen (secondary N) is 2. The molecule has 5 nitrogen and oxygen atoms in total. The van der Waals surface area contributed by atoms with Gasteiger partial charge in [-0.15, -0.1) is 0 Å². The molecule has 142 valence electrons. The molecular formula is C21H33N5. The smallest absolute Gasteiger partial charge is 0.0341 e. The Balaban J connectivity index is 1.82. The minimum absolute atomic E-state index is 0.549. The highest BCUT2D eigenvalue weighted by molar-refractivity contribution is 5.51. The zero-order chi connectivity index (χ0) is 18.8. The van der Waals surface area contributed by atoms with Gasteiger partial charge in [0.2, 0.25) is 0 Å². The van der Waals surface area contributed by atoms with E-state index in [1.807, 2.05) is 48.5 Å². The Hall–Kier alpha value is -2.40. The molecule has 0 aliphatic heterocycles. The first-order valence-corrected chi connectivity index (χ1v) is 9.55. The van der Waals surface area contributed by atoms with Gasteiger partial charge >= 0.3 is 0 Å². The molecule has 0 spiro atoms. The Morgan fingerprint density at radius 1 is 0.731 bits per heavy atom. The fourth-order valence-corrected chi connectivity index (χ4v) is 3.22. The van der Waals surface area contributed by atoms with E-state index in [1.54, 1.807) is 0 Å². The van der Waals surface area contributed by atoms with Gasteiger partial charge < -0.3 is 27.0 Å². The van der Waals surface area contributed by atoms with Crippen molar-refractivity contribution in [3.63, 3.8) is 0 Å². The molecule has 0 aromatic heterocycles. The molecule has 6 N–H and O–H groups in total. The van der Waals surface area contributed by atoms with E-state index in [-0.39, 0.29) is 0 Å². The van der Waals surface area contributed by atoms with E-state index in [4.69, 9.17) is 11.5 Å². The summed E-state index contributed by atoms with van der Waals surface area (Å²) in [5.41, 5.74) is 15.3. The van der Waals surface area contributed by atoms with E-state index in [0.717, 1.165) is 61.8 Å². The second-order valence-electron chi connectivity index (χ2n) is 6.55. The number of anilines is 4. The Kier molecular flexibility index (Phi) is 8.09. The molecule has 2 aromatic rings. The predicted molar refractivity (Wildman–Crippen MR) is 115 cm³/mol. The fourth-order valence-electron chi connectivity index (χ4n) is 3.22. The van der Waals surface area contributed by atoms with Crippen LogP contribution in [0.4, 0.5) is 22.7 Å². The number of nitrogen functional groups attached to an aromatic ring is 2. The quantitative estimate of drug-likeness (QED) is 0.460. The molecule has 0 bridgehead atoms.